The van der Waals surface area contributed by atoms with Gasteiger partial charge < -0.3 is 16.0 Å². The molecule has 0 saturated heterocycles. The molecule has 1 aromatic heterocycles. The highest BCUT2D eigenvalue weighted by atomic mass is 32.2. The normalized spacial score (nSPS) is 11.5. The van der Waals surface area contributed by atoms with E-state index in [1.54, 1.807) is 0 Å². The van der Waals surface area contributed by atoms with E-state index in [0.717, 1.165) is 27.1 Å². The van der Waals surface area contributed by atoms with Crippen molar-refractivity contribution in [3.05, 3.63) is 138 Å². The molecule has 0 aliphatic heterocycles. The summed E-state index contributed by atoms with van der Waals surface area (Å²) < 4.78 is 0. The molecule has 0 aliphatic carbocycles. The zero-order valence-electron chi connectivity index (χ0n) is 22.4. The van der Waals surface area contributed by atoms with Crippen LogP contribution in [0.3, 0.4) is 0 Å². The molecular formula is C34H26N4O2S2. The van der Waals surface area contributed by atoms with Gasteiger partial charge in [0, 0.05) is 27.2 Å². The molecular weight excluding hydrogens is 561 g/mol. The number of para-hydroxylation sites is 1. The summed E-state index contributed by atoms with van der Waals surface area (Å²) in [5.74, 6) is -0.157. The molecule has 6 aromatic rings. The molecule has 1 atom stereocenters. The van der Waals surface area contributed by atoms with E-state index in [4.69, 9.17) is 4.98 Å². The Morgan fingerprint density at radius 1 is 0.667 bits per heavy atom. The van der Waals surface area contributed by atoms with Gasteiger partial charge in [0.2, 0.25) is 5.91 Å². The van der Waals surface area contributed by atoms with E-state index in [-0.39, 0.29) is 11.9 Å². The first-order valence-corrected chi connectivity index (χ1v) is 15.1. The Balaban J connectivity index is 1.14. The summed E-state index contributed by atoms with van der Waals surface area (Å²) in [5.41, 5.74) is 4.08. The van der Waals surface area contributed by atoms with Gasteiger partial charge in [-0.25, -0.2) is 9.78 Å². The number of fused-ring (bicyclic) bond motifs is 1. The van der Waals surface area contributed by atoms with Crippen molar-refractivity contribution in [1.82, 2.24) is 4.98 Å². The summed E-state index contributed by atoms with van der Waals surface area (Å²) in [7, 11) is 0. The van der Waals surface area contributed by atoms with Crippen molar-refractivity contribution in [1.29, 1.82) is 0 Å². The molecule has 206 valence electrons. The zero-order chi connectivity index (χ0) is 28.7. The first-order valence-electron chi connectivity index (χ1n) is 13.3. The van der Waals surface area contributed by atoms with Gasteiger partial charge in [0.15, 0.2) is 5.13 Å². The third-order valence-corrected chi connectivity index (χ3v) is 8.54. The minimum atomic E-state index is -0.501. The molecule has 6 nitrogen and oxygen atoms in total. The quantitative estimate of drug-likeness (QED) is 0.155. The Morgan fingerprint density at radius 2 is 1.31 bits per heavy atom. The highest BCUT2D eigenvalue weighted by Gasteiger charge is 2.23. The van der Waals surface area contributed by atoms with E-state index >= 15 is 0 Å². The van der Waals surface area contributed by atoms with Crippen molar-refractivity contribution >= 4 is 62.3 Å². The Bertz CT molecular complexity index is 1820. The number of benzene rings is 5. The first-order chi connectivity index (χ1) is 20.6. The van der Waals surface area contributed by atoms with Gasteiger partial charge in [-0.3, -0.25) is 4.79 Å². The van der Waals surface area contributed by atoms with E-state index in [0.29, 0.717) is 16.5 Å². The van der Waals surface area contributed by atoms with E-state index in [1.807, 2.05) is 102 Å². The Labute approximate surface area is 251 Å². The molecule has 3 N–H and O–H groups in total. The first kappa shape index (κ1) is 27.3. The van der Waals surface area contributed by atoms with Crippen LogP contribution < -0.4 is 16.0 Å². The Kier molecular flexibility index (Phi) is 8.26. The molecule has 42 heavy (non-hydrogen) atoms. The maximum absolute atomic E-state index is 13.6. The average molecular weight is 587 g/mol. The highest BCUT2D eigenvalue weighted by molar-refractivity contribution is 8.00. The van der Waals surface area contributed by atoms with Gasteiger partial charge in [0.25, 0.3) is 0 Å². The zero-order valence-corrected chi connectivity index (χ0v) is 24.0. The lowest BCUT2D eigenvalue weighted by Crippen LogP contribution is -2.19. The smallest absolute Gasteiger partial charge is 0.308 e. The van der Waals surface area contributed by atoms with Crippen LogP contribution in [0.1, 0.15) is 10.8 Å². The van der Waals surface area contributed by atoms with Crippen molar-refractivity contribution < 1.29 is 9.59 Å². The number of carbonyl (C=O) groups excluding carboxylic acids is 2. The van der Waals surface area contributed by atoms with E-state index < -0.39 is 5.25 Å². The van der Waals surface area contributed by atoms with Gasteiger partial charge in [-0.2, -0.15) is 0 Å². The minimum Gasteiger partial charge on any atom is -0.308 e. The third-order valence-electron chi connectivity index (χ3n) is 6.52. The standard InChI is InChI=1S/C34H26N4O2S2/c39-32(38-34-37-30(22-41-34)26-16-15-23-9-7-8-12-25(23)21-26)31(24-10-3-1-4-11-24)42-29-19-17-28(18-20-29)36-33(40)35-27-13-5-2-6-14-27/h1-22,31H,(H2,35,36,40)(H,37,38,39). The molecule has 8 heteroatoms. The molecule has 0 saturated carbocycles. The van der Waals surface area contributed by atoms with Crippen molar-refractivity contribution in [3.8, 4) is 11.3 Å². The van der Waals surface area contributed by atoms with Crippen molar-refractivity contribution in [2.45, 2.75) is 10.1 Å². The number of nitrogens with one attached hydrogen (secondary N) is 3. The maximum Gasteiger partial charge on any atom is 0.323 e. The number of hydrogen-bond acceptors (Lipinski definition) is 5. The van der Waals surface area contributed by atoms with E-state index in [9.17, 15) is 9.59 Å². The van der Waals surface area contributed by atoms with Crippen LogP contribution in [-0.2, 0) is 4.79 Å². The van der Waals surface area contributed by atoms with Crippen molar-refractivity contribution in [2.75, 3.05) is 16.0 Å². The van der Waals surface area contributed by atoms with E-state index in [2.05, 4.69) is 46.3 Å². The van der Waals surface area contributed by atoms with Crippen LogP contribution in [-0.4, -0.2) is 16.9 Å². The van der Waals surface area contributed by atoms with Crippen LogP contribution in [0.5, 0.6) is 0 Å². The predicted molar refractivity (Wildman–Crippen MR) is 174 cm³/mol. The number of nitrogens with zero attached hydrogens (tertiary/aromatic N) is 1. The number of thioether (sulfide) groups is 1. The third kappa shape index (κ3) is 6.68. The fraction of sp³-hybridized carbons (Fsp3) is 0.0294. The van der Waals surface area contributed by atoms with Gasteiger partial charge in [0.05, 0.1) is 5.69 Å². The number of anilines is 3. The molecule has 0 aliphatic rings. The van der Waals surface area contributed by atoms with Crippen molar-refractivity contribution in [3.63, 3.8) is 0 Å². The number of thiazole rings is 1. The number of hydrogen-bond donors (Lipinski definition) is 3. The molecule has 0 radical (unpaired) electrons. The highest BCUT2D eigenvalue weighted by Crippen LogP contribution is 2.37. The van der Waals surface area contributed by atoms with Crippen LogP contribution >= 0.6 is 23.1 Å². The van der Waals surface area contributed by atoms with Crippen LogP contribution in [0.25, 0.3) is 22.0 Å². The molecule has 6 rings (SSSR count). The van der Waals surface area contributed by atoms with Crippen LogP contribution in [0.15, 0.2) is 138 Å². The Morgan fingerprint density at radius 3 is 2.05 bits per heavy atom. The predicted octanol–water partition coefficient (Wildman–Crippen LogP) is 9.08. The summed E-state index contributed by atoms with van der Waals surface area (Å²) >= 11 is 2.85. The van der Waals surface area contributed by atoms with Crippen LogP contribution in [0, 0.1) is 0 Å². The van der Waals surface area contributed by atoms with Gasteiger partial charge >= 0.3 is 6.03 Å². The Hall–Kier alpha value is -4.92. The molecule has 1 heterocycles. The fourth-order valence-electron chi connectivity index (χ4n) is 4.45. The second-order valence-electron chi connectivity index (χ2n) is 9.47. The maximum atomic E-state index is 13.6. The molecule has 3 amide bonds. The second-order valence-corrected chi connectivity index (χ2v) is 11.5. The number of rotatable bonds is 8. The van der Waals surface area contributed by atoms with Gasteiger partial charge in [-0.1, -0.05) is 84.9 Å². The average Bonchev–Trinajstić information content (AvgIpc) is 3.49. The summed E-state index contributed by atoms with van der Waals surface area (Å²) in [6.07, 6.45) is 0. The monoisotopic (exact) mass is 586 g/mol. The molecule has 0 fully saturated rings. The topological polar surface area (TPSA) is 83.1 Å². The minimum absolute atomic E-state index is 0.157. The van der Waals surface area contributed by atoms with Crippen LogP contribution in [0.4, 0.5) is 21.3 Å². The number of urea groups is 1. The lowest BCUT2D eigenvalue weighted by Gasteiger charge is -2.16. The van der Waals surface area contributed by atoms with Gasteiger partial charge in [-0.15, -0.1) is 23.1 Å². The largest absolute Gasteiger partial charge is 0.323 e. The lowest BCUT2D eigenvalue weighted by atomic mass is 10.1. The van der Waals surface area contributed by atoms with E-state index in [1.165, 1.54) is 28.5 Å². The number of carbonyl (C=O) groups is 2. The number of amides is 3. The summed E-state index contributed by atoms with van der Waals surface area (Å²) in [6, 6.07) is 40.5. The molecule has 5 aromatic carbocycles. The van der Waals surface area contributed by atoms with Gasteiger partial charge in [0.1, 0.15) is 5.25 Å². The van der Waals surface area contributed by atoms with Crippen molar-refractivity contribution in [2.24, 2.45) is 0 Å². The van der Waals surface area contributed by atoms with Gasteiger partial charge in [-0.05, 0) is 58.8 Å². The summed E-state index contributed by atoms with van der Waals surface area (Å²) in [4.78, 5) is 31.6. The lowest BCUT2D eigenvalue weighted by molar-refractivity contribution is -0.115. The molecule has 0 bridgehead atoms. The fourth-order valence-corrected chi connectivity index (χ4v) is 6.20. The molecule has 1 unspecified atom stereocenters. The molecule has 0 spiro atoms. The summed E-state index contributed by atoms with van der Waals surface area (Å²) in [6.45, 7) is 0. The second kappa shape index (κ2) is 12.7. The summed E-state index contributed by atoms with van der Waals surface area (Å²) in [5, 5.41) is 13.0. The number of aromatic nitrogens is 1. The SMILES string of the molecule is O=C(Nc1ccccc1)Nc1ccc(SC(C(=O)Nc2nc(-c3ccc4ccccc4c3)cs2)c2ccccc2)cc1. The van der Waals surface area contributed by atoms with Crippen LogP contribution in [0.2, 0.25) is 0 Å².